The first-order valence-electron chi connectivity index (χ1n) is 9.23. The molecule has 0 unspecified atom stereocenters. The van der Waals surface area contributed by atoms with Crippen LogP contribution in [0, 0.1) is 0 Å². The van der Waals surface area contributed by atoms with E-state index in [1.807, 2.05) is 48.7 Å². The first-order chi connectivity index (χ1) is 14.2. The molecule has 148 valence electrons. The molecule has 0 saturated carbocycles. The largest absolute Gasteiger partial charge is 0.493 e. The fourth-order valence-electron chi connectivity index (χ4n) is 3.61. The molecular weight excluding hydrogens is 368 g/mol. The van der Waals surface area contributed by atoms with E-state index < -0.39 is 0 Å². The third-order valence-corrected chi connectivity index (χ3v) is 5.04. The van der Waals surface area contributed by atoms with Gasteiger partial charge < -0.3 is 19.3 Å². The SMILES string of the molecule is COc1cc(C2=NCc3nccc(-c4ccc(CO)cc4)c32)cc(OC)c1OC. The molecule has 0 atom stereocenters. The Bertz CT molecular complexity index is 1050. The molecule has 0 radical (unpaired) electrons. The summed E-state index contributed by atoms with van der Waals surface area (Å²) in [6.07, 6.45) is 1.81. The van der Waals surface area contributed by atoms with E-state index >= 15 is 0 Å². The lowest BCUT2D eigenvalue weighted by molar-refractivity contribution is 0.282. The molecule has 0 spiro atoms. The van der Waals surface area contributed by atoms with Crippen LogP contribution in [-0.2, 0) is 13.2 Å². The molecule has 29 heavy (non-hydrogen) atoms. The second-order valence-electron chi connectivity index (χ2n) is 6.61. The number of ether oxygens (including phenoxy) is 3. The molecule has 6 heteroatoms. The van der Waals surface area contributed by atoms with Gasteiger partial charge in [-0.15, -0.1) is 0 Å². The van der Waals surface area contributed by atoms with Crippen LogP contribution in [0.15, 0.2) is 53.7 Å². The Labute approximate surface area is 169 Å². The fourth-order valence-corrected chi connectivity index (χ4v) is 3.61. The van der Waals surface area contributed by atoms with Gasteiger partial charge in [-0.25, -0.2) is 0 Å². The highest BCUT2D eigenvalue weighted by molar-refractivity contribution is 6.18. The smallest absolute Gasteiger partial charge is 0.203 e. The van der Waals surface area contributed by atoms with E-state index in [2.05, 4.69) is 4.98 Å². The van der Waals surface area contributed by atoms with E-state index in [0.717, 1.165) is 39.2 Å². The Balaban J connectivity index is 1.85. The molecule has 1 aliphatic rings. The van der Waals surface area contributed by atoms with Crippen LogP contribution in [0.2, 0.25) is 0 Å². The van der Waals surface area contributed by atoms with Gasteiger partial charge in [-0.1, -0.05) is 24.3 Å². The number of benzene rings is 2. The second-order valence-corrected chi connectivity index (χ2v) is 6.61. The van der Waals surface area contributed by atoms with Crippen LogP contribution >= 0.6 is 0 Å². The number of aromatic nitrogens is 1. The van der Waals surface area contributed by atoms with Crippen molar-refractivity contribution in [3.8, 4) is 28.4 Å². The summed E-state index contributed by atoms with van der Waals surface area (Å²) in [5, 5.41) is 9.32. The fraction of sp³-hybridized carbons (Fsp3) is 0.217. The molecule has 1 aliphatic heterocycles. The molecule has 1 N–H and O–H groups in total. The summed E-state index contributed by atoms with van der Waals surface area (Å²) in [6, 6.07) is 13.7. The molecule has 2 aromatic carbocycles. The van der Waals surface area contributed by atoms with E-state index in [4.69, 9.17) is 19.2 Å². The summed E-state index contributed by atoms with van der Waals surface area (Å²) in [7, 11) is 4.78. The quantitative estimate of drug-likeness (QED) is 0.696. The highest BCUT2D eigenvalue weighted by Crippen LogP contribution is 2.40. The molecule has 0 aliphatic carbocycles. The number of aliphatic imine (C=N–C) groups is 1. The number of pyridine rings is 1. The maximum atomic E-state index is 9.32. The minimum absolute atomic E-state index is 0.0207. The third-order valence-electron chi connectivity index (χ3n) is 5.04. The number of rotatable bonds is 6. The number of aliphatic hydroxyl groups excluding tert-OH is 1. The number of nitrogens with zero attached hydrogens (tertiary/aromatic N) is 2. The highest BCUT2D eigenvalue weighted by atomic mass is 16.5. The summed E-state index contributed by atoms with van der Waals surface area (Å²) in [4.78, 5) is 9.29. The van der Waals surface area contributed by atoms with Crippen LogP contribution in [-0.4, -0.2) is 37.1 Å². The van der Waals surface area contributed by atoms with Gasteiger partial charge >= 0.3 is 0 Å². The van der Waals surface area contributed by atoms with Crippen LogP contribution in [0.4, 0.5) is 0 Å². The van der Waals surface area contributed by atoms with Crippen molar-refractivity contribution in [3.05, 3.63) is 71.0 Å². The van der Waals surface area contributed by atoms with E-state index in [-0.39, 0.29) is 6.61 Å². The van der Waals surface area contributed by atoms with Crippen LogP contribution in [0.1, 0.15) is 22.4 Å². The van der Waals surface area contributed by atoms with Gasteiger partial charge in [-0.3, -0.25) is 9.98 Å². The van der Waals surface area contributed by atoms with Crippen molar-refractivity contribution in [3.63, 3.8) is 0 Å². The number of fused-ring (bicyclic) bond motifs is 1. The van der Waals surface area contributed by atoms with E-state index in [1.165, 1.54) is 0 Å². The molecular formula is C23H22N2O4. The number of hydrogen-bond donors (Lipinski definition) is 1. The highest BCUT2D eigenvalue weighted by Gasteiger charge is 2.25. The van der Waals surface area contributed by atoms with Crippen molar-refractivity contribution in [2.24, 2.45) is 4.99 Å². The van der Waals surface area contributed by atoms with Crippen molar-refractivity contribution >= 4 is 5.71 Å². The molecule has 1 aromatic heterocycles. The Kier molecular flexibility index (Phi) is 5.18. The van der Waals surface area contributed by atoms with Gasteiger partial charge in [-0.05, 0) is 34.9 Å². The molecule has 2 heterocycles. The molecule has 0 fully saturated rings. The number of hydrogen-bond acceptors (Lipinski definition) is 6. The van der Waals surface area contributed by atoms with Crippen LogP contribution < -0.4 is 14.2 Å². The van der Waals surface area contributed by atoms with Crippen molar-refractivity contribution < 1.29 is 19.3 Å². The molecule has 0 amide bonds. The Morgan fingerprint density at radius 3 is 2.17 bits per heavy atom. The predicted octanol–water partition coefficient (Wildman–Crippen LogP) is 3.62. The first-order valence-corrected chi connectivity index (χ1v) is 9.23. The first kappa shape index (κ1) is 19.0. The average Bonchev–Trinajstić information content (AvgIpc) is 3.22. The maximum absolute atomic E-state index is 9.32. The van der Waals surface area contributed by atoms with Crippen molar-refractivity contribution in [2.45, 2.75) is 13.2 Å². The molecule has 0 saturated heterocycles. The topological polar surface area (TPSA) is 73.2 Å². The van der Waals surface area contributed by atoms with Gasteiger partial charge in [0.2, 0.25) is 5.75 Å². The zero-order valence-electron chi connectivity index (χ0n) is 16.6. The normalized spacial score (nSPS) is 12.3. The van der Waals surface area contributed by atoms with Gasteiger partial charge in [0.1, 0.15) is 0 Å². The Morgan fingerprint density at radius 2 is 1.59 bits per heavy atom. The van der Waals surface area contributed by atoms with Gasteiger partial charge in [0.25, 0.3) is 0 Å². The summed E-state index contributed by atoms with van der Waals surface area (Å²) >= 11 is 0. The minimum atomic E-state index is 0.0207. The van der Waals surface area contributed by atoms with Crippen LogP contribution in [0.3, 0.4) is 0 Å². The number of methoxy groups -OCH3 is 3. The standard InChI is InChI=1S/C23H22N2O4/c1-27-19-10-16(11-20(28-2)23(19)29-3)22-21-17(8-9-24-18(21)12-25-22)15-6-4-14(13-26)5-7-15/h4-11,26H,12-13H2,1-3H3. The zero-order valence-corrected chi connectivity index (χ0v) is 16.6. The lowest BCUT2D eigenvalue weighted by Crippen LogP contribution is -2.06. The van der Waals surface area contributed by atoms with Crippen molar-refractivity contribution in [1.29, 1.82) is 0 Å². The summed E-state index contributed by atoms with van der Waals surface area (Å²) in [5.74, 6) is 1.70. The van der Waals surface area contributed by atoms with Crippen molar-refractivity contribution in [2.75, 3.05) is 21.3 Å². The van der Waals surface area contributed by atoms with Gasteiger partial charge in [-0.2, -0.15) is 0 Å². The lowest BCUT2D eigenvalue weighted by atomic mass is 9.93. The second kappa shape index (κ2) is 7.93. The van der Waals surface area contributed by atoms with Crippen LogP contribution in [0.5, 0.6) is 17.2 Å². The molecule has 0 bridgehead atoms. The van der Waals surface area contributed by atoms with E-state index in [9.17, 15) is 5.11 Å². The third kappa shape index (κ3) is 3.32. The molecule has 3 aromatic rings. The zero-order chi connectivity index (χ0) is 20.4. The molecule has 4 rings (SSSR count). The van der Waals surface area contributed by atoms with Crippen molar-refractivity contribution in [1.82, 2.24) is 4.98 Å². The average molecular weight is 390 g/mol. The van der Waals surface area contributed by atoms with Gasteiger partial charge in [0.15, 0.2) is 11.5 Å². The number of aliphatic hydroxyl groups is 1. The Morgan fingerprint density at radius 1 is 0.897 bits per heavy atom. The summed E-state index contributed by atoms with van der Waals surface area (Å²) in [6.45, 7) is 0.538. The summed E-state index contributed by atoms with van der Waals surface area (Å²) < 4.78 is 16.5. The molecule has 6 nitrogen and oxygen atoms in total. The predicted molar refractivity (Wildman–Crippen MR) is 111 cm³/mol. The van der Waals surface area contributed by atoms with Gasteiger partial charge in [0.05, 0.1) is 45.9 Å². The lowest BCUT2D eigenvalue weighted by Gasteiger charge is -2.16. The summed E-state index contributed by atoms with van der Waals surface area (Å²) in [5.41, 5.74) is 6.61. The maximum Gasteiger partial charge on any atom is 0.203 e. The van der Waals surface area contributed by atoms with E-state index in [0.29, 0.717) is 23.8 Å². The van der Waals surface area contributed by atoms with E-state index in [1.54, 1.807) is 21.3 Å². The minimum Gasteiger partial charge on any atom is -0.493 e. The van der Waals surface area contributed by atoms with Gasteiger partial charge in [0, 0.05) is 17.3 Å². The van der Waals surface area contributed by atoms with Crippen LogP contribution in [0.25, 0.3) is 11.1 Å². The monoisotopic (exact) mass is 390 g/mol. The Hall–Kier alpha value is -3.38.